The van der Waals surface area contributed by atoms with Crippen molar-refractivity contribution in [3.05, 3.63) is 12.2 Å². The summed E-state index contributed by atoms with van der Waals surface area (Å²) in [5.41, 5.74) is -0.124. The standard InChI is InChI=1S/C11H21NO/c1-11(2,9-13)12-8-10-6-4-3-5-7-10/h3-4,10,12-13H,5-9H2,1-2H3. The summed E-state index contributed by atoms with van der Waals surface area (Å²) >= 11 is 0. The summed E-state index contributed by atoms with van der Waals surface area (Å²) in [6, 6.07) is 0. The molecular weight excluding hydrogens is 162 g/mol. The lowest BCUT2D eigenvalue weighted by Gasteiger charge is -2.27. The zero-order valence-electron chi connectivity index (χ0n) is 8.71. The van der Waals surface area contributed by atoms with Gasteiger partial charge in [-0.25, -0.2) is 0 Å². The Morgan fingerprint density at radius 2 is 2.23 bits per heavy atom. The molecule has 0 aliphatic heterocycles. The van der Waals surface area contributed by atoms with E-state index in [-0.39, 0.29) is 12.1 Å². The van der Waals surface area contributed by atoms with Gasteiger partial charge in [0, 0.05) is 5.54 Å². The lowest BCUT2D eigenvalue weighted by atomic mass is 9.93. The highest BCUT2D eigenvalue weighted by atomic mass is 16.3. The minimum Gasteiger partial charge on any atom is -0.394 e. The highest BCUT2D eigenvalue weighted by Gasteiger charge is 2.17. The number of hydrogen-bond donors (Lipinski definition) is 2. The number of allylic oxidation sites excluding steroid dienone is 2. The van der Waals surface area contributed by atoms with Crippen molar-refractivity contribution in [2.24, 2.45) is 5.92 Å². The molecule has 1 aliphatic carbocycles. The Balaban J connectivity index is 2.22. The Kier molecular flexibility index (Phi) is 3.94. The van der Waals surface area contributed by atoms with E-state index in [1.54, 1.807) is 0 Å². The molecule has 13 heavy (non-hydrogen) atoms. The van der Waals surface area contributed by atoms with Gasteiger partial charge in [0.2, 0.25) is 0 Å². The van der Waals surface area contributed by atoms with Gasteiger partial charge in [0.25, 0.3) is 0 Å². The third-order valence-electron chi connectivity index (χ3n) is 2.64. The van der Waals surface area contributed by atoms with Crippen LogP contribution in [-0.2, 0) is 0 Å². The second-order valence-electron chi connectivity index (χ2n) is 4.57. The number of aliphatic hydroxyl groups is 1. The Morgan fingerprint density at radius 1 is 1.46 bits per heavy atom. The maximum atomic E-state index is 9.05. The van der Waals surface area contributed by atoms with E-state index in [0.29, 0.717) is 0 Å². The van der Waals surface area contributed by atoms with Crippen LogP contribution >= 0.6 is 0 Å². The molecule has 0 aromatic rings. The van der Waals surface area contributed by atoms with E-state index in [4.69, 9.17) is 5.11 Å². The van der Waals surface area contributed by atoms with Crippen LogP contribution < -0.4 is 5.32 Å². The average molecular weight is 183 g/mol. The van der Waals surface area contributed by atoms with E-state index in [0.717, 1.165) is 12.5 Å². The van der Waals surface area contributed by atoms with Crippen LogP contribution in [0.25, 0.3) is 0 Å². The summed E-state index contributed by atoms with van der Waals surface area (Å²) < 4.78 is 0. The maximum Gasteiger partial charge on any atom is 0.0607 e. The molecule has 0 amide bonds. The van der Waals surface area contributed by atoms with Crippen LogP contribution in [0.3, 0.4) is 0 Å². The highest BCUT2D eigenvalue weighted by Crippen LogP contribution is 2.17. The SMILES string of the molecule is CC(C)(CO)NCC1CC=CCC1. The fraction of sp³-hybridized carbons (Fsp3) is 0.818. The predicted molar refractivity (Wildman–Crippen MR) is 55.6 cm³/mol. The Hall–Kier alpha value is -0.340. The smallest absolute Gasteiger partial charge is 0.0607 e. The third-order valence-corrected chi connectivity index (χ3v) is 2.64. The van der Waals surface area contributed by atoms with Crippen LogP contribution in [-0.4, -0.2) is 23.8 Å². The zero-order valence-corrected chi connectivity index (χ0v) is 8.71. The number of nitrogens with one attached hydrogen (secondary N) is 1. The second-order valence-corrected chi connectivity index (χ2v) is 4.57. The molecule has 76 valence electrons. The minimum atomic E-state index is -0.124. The van der Waals surface area contributed by atoms with Gasteiger partial charge in [-0.3, -0.25) is 0 Å². The largest absolute Gasteiger partial charge is 0.394 e. The molecule has 0 spiro atoms. The molecule has 0 saturated carbocycles. The first-order valence-corrected chi connectivity index (χ1v) is 5.15. The minimum absolute atomic E-state index is 0.124. The van der Waals surface area contributed by atoms with Gasteiger partial charge in [-0.05, 0) is 45.6 Å². The molecule has 2 heteroatoms. The normalized spacial score (nSPS) is 23.5. The van der Waals surface area contributed by atoms with Gasteiger partial charge in [0.05, 0.1) is 6.61 Å². The van der Waals surface area contributed by atoms with Crippen molar-refractivity contribution < 1.29 is 5.11 Å². The van der Waals surface area contributed by atoms with Crippen LogP contribution in [0.1, 0.15) is 33.1 Å². The predicted octanol–water partition coefficient (Wildman–Crippen LogP) is 1.70. The topological polar surface area (TPSA) is 32.3 Å². The van der Waals surface area contributed by atoms with Crippen LogP contribution in [0.2, 0.25) is 0 Å². The molecule has 0 bridgehead atoms. The summed E-state index contributed by atoms with van der Waals surface area (Å²) in [7, 11) is 0. The van der Waals surface area contributed by atoms with Crippen LogP contribution in [0.15, 0.2) is 12.2 Å². The van der Waals surface area contributed by atoms with Crippen molar-refractivity contribution in [1.29, 1.82) is 0 Å². The first-order valence-electron chi connectivity index (χ1n) is 5.15. The van der Waals surface area contributed by atoms with Crippen molar-refractivity contribution in [2.75, 3.05) is 13.2 Å². The van der Waals surface area contributed by atoms with Gasteiger partial charge in [-0.15, -0.1) is 0 Å². The van der Waals surface area contributed by atoms with Gasteiger partial charge < -0.3 is 10.4 Å². The third kappa shape index (κ3) is 3.92. The first kappa shape index (κ1) is 10.7. The molecule has 0 aromatic carbocycles. The summed E-state index contributed by atoms with van der Waals surface area (Å²) in [6.07, 6.45) is 8.21. The zero-order chi connectivity index (χ0) is 9.73. The van der Waals surface area contributed by atoms with E-state index in [2.05, 4.69) is 17.5 Å². The van der Waals surface area contributed by atoms with Crippen molar-refractivity contribution in [3.8, 4) is 0 Å². The van der Waals surface area contributed by atoms with Crippen molar-refractivity contribution in [2.45, 2.75) is 38.6 Å². The molecule has 1 rings (SSSR count). The van der Waals surface area contributed by atoms with Gasteiger partial charge in [-0.1, -0.05) is 12.2 Å². The molecule has 1 aliphatic rings. The summed E-state index contributed by atoms with van der Waals surface area (Å²) in [6.45, 7) is 5.30. The van der Waals surface area contributed by atoms with Crippen molar-refractivity contribution in [1.82, 2.24) is 5.32 Å². The number of hydrogen-bond acceptors (Lipinski definition) is 2. The van der Waals surface area contributed by atoms with Crippen molar-refractivity contribution >= 4 is 0 Å². The molecule has 0 radical (unpaired) electrons. The Bertz CT molecular complexity index is 175. The van der Waals surface area contributed by atoms with Gasteiger partial charge in [-0.2, -0.15) is 0 Å². The molecular formula is C11H21NO. The van der Waals surface area contributed by atoms with E-state index in [9.17, 15) is 0 Å². The molecule has 1 unspecified atom stereocenters. The summed E-state index contributed by atoms with van der Waals surface area (Å²) in [4.78, 5) is 0. The van der Waals surface area contributed by atoms with E-state index >= 15 is 0 Å². The fourth-order valence-electron chi connectivity index (χ4n) is 1.52. The maximum absolute atomic E-state index is 9.05. The van der Waals surface area contributed by atoms with Gasteiger partial charge >= 0.3 is 0 Å². The Morgan fingerprint density at radius 3 is 2.77 bits per heavy atom. The van der Waals surface area contributed by atoms with E-state index in [1.807, 2.05) is 13.8 Å². The molecule has 0 saturated heterocycles. The molecule has 2 nitrogen and oxygen atoms in total. The molecule has 0 aromatic heterocycles. The quantitative estimate of drug-likeness (QED) is 0.650. The van der Waals surface area contributed by atoms with Crippen LogP contribution in [0.5, 0.6) is 0 Å². The van der Waals surface area contributed by atoms with Gasteiger partial charge in [0.15, 0.2) is 0 Å². The van der Waals surface area contributed by atoms with Crippen LogP contribution in [0, 0.1) is 5.92 Å². The Labute approximate surface area is 81.0 Å². The summed E-state index contributed by atoms with van der Waals surface area (Å²) in [5, 5.41) is 12.4. The lowest BCUT2D eigenvalue weighted by molar-refractivity contribution is 0.181. The molecule has 0 fully saturated rings. The number of aliphatic hydroxyl groups excluding tert-OH is 1. The number of rotatable bonds is 4. The highest BCUT2D eigenvalue weighted by molar-refractivity contribution is 4.91. The molecule has 1 atom stereocenters. The fourth-order valence-corrected chi connectivity index (χ4v) is 1.52. The first-order chi connectivity index (χ1) is 6.14. The lowest BCUT2D eigenvalue weighted by Crippen LogP contribution is -2.45. The van der Waals surface area contributed by atoms with Crippen LogP contribution in [0.4, 0.5) is 0 Å². The molecule has 2 N–H and O–H groups in total. The average Bonchev–Trinajstić information content (AvgIpc) is 2.17. The van der Waals surface area contributed by atoms with Crippen molar-refractivity contribution in [3.63, 3.8) is 0 Å². The monoisotopic (exact) mass is 183 g/mol. The summed E-state index contributed by atoms with van der Waals surface area (Å²) in [5.74, 6) is 0.760. The van der Waals surface area contributed by atoms with E-state index in [1.165, 1.54) is 19.3 Å². The molecule has 0 heterocycles. The van der Waals surface area contributed by atoms with Gasteiger partial charge in [0.1, 0.15) is 0 Å². The second kappa shape index (κ2) is 4.77. The van der Waals surface area contributed by atoms with E-state index < -0.39 is 0 Å².